The van der Waals surface area contributed by atoms with Gasteiger partial charge in [-0.3, -0.25) is 0 Å². The Kier molecular flexibility index (Phi) is 2.88. The fraction of sp³-hybridized carbons (Fsp3) is 0.400. The number of rotatable bonds is 2. The van der Waals surface area contributed by atoms with Gasteiger partial charge in [0.05, 0.1) is 0 Å². The van der Waals surface area contributed by atoms with Gasteiger partial charge in [0.1, 0.15) is 5.82 Å². The molecule has 1 heterocycles. The predicted octanol–water partition coefficient (Wildman–Crippen LogP) is 1.61. The van der Waals surface area contributed by atoms with Crippen molar-refractivity contribution in [3.05, 3.63) is 5.82 Å². The summed E-state index contributed by atoms with van der Waals surface area (Å²) in [6.07, 6.45) is 0.642. The van der Waals surface area contributed by atoms with Gasteiger partial charge in [-0.05, 0) is 18.9 Å². The monoisotopic (exact) mass is 205 g/mol. The van der Waals surface area contributed by atoms with Gasteiger partial charge in [-0.1, -0.05) is 0 Å². The quantitative estimate of drug-likeness (QED) is 0.743. The summed E-state index contributed by atoms with van der Waals surface area (Å²) in [4.78, 5) is 14.5. The van der Waals surface area contributed by atoms with Gasteiger partial charge in [-0.25, -0.2) is 9.78 Å². The molecule has 0 aliphatic rings. The summed E-state index contributed by atoms with van der Waals surface area (Å²) in [5, 5.41) is 9.08. The Morgan fingerprint density at radius 2 is 2.42 bits per heavy atom. The van der Waals surface area contributed by atoms with Crippen LogP contribution in [0.3, 0.4) is 0 Å². The van der Waals surface area contributed by atoms with Gasteiger partial charge in [0.2, 0.25) is 5.13 Å². The van der Waals surface area contributed by atoms with Gasteiger partial charge >= 0.3 is 6.09 Å². The van der Waals surface area contributed by atoms with Crippen LogP contribution in [0.25, 0.3) is 0 Å². The molecule has 0 fully saturated rings. The Bertz CT molecular complexity index is 288. The number of anilines is 1. The normalized spacial score (nSPS) is 9.83. The zero-order chi connectivity index (χ0) is 9.14. The molecule has 0 unspecified atom stereocenters. The molecule has 66 valence electrons. The number of hydrogen-bond acceptors (Lipinski definition) is 5. The number of amides is 1. The average Bonchev–Trinajstić information content (AvgIpc) is 2.37. The largest absolute Gasteiger partial charge is 0.464 e. The van der Waals surface area contributed by atoms with Crippen molar-refractivity contribution in [2.75, 3.05) is 10.6 Å². The molecule has 0 saturated heterocycles. The minimum atomic E-state index is -1.03. The number of aryl methyl sites for hydroxylation is 1. The van der Waals surface area contributed by atoms with Crippen molar-refractivity contribution in [1.29, 1.82) is 0 Å². The average molecular weight is 205 g/mol. The second kappa shape index (κ2) is 3.72. The van der Waals surface area contributed by atoms with E-state index in [1.807, 2.05) is 0 Å². The number of carbonyl (C=O) groups is 1. The third-order valence-electron chi connectivity index (χ3n) is 1.05. The predicted molar refractivity (Wildman–Crippen MR) is 48.7 cm³/mol. The first-order valence-electron chi connectivity index (χ1n) is 3.02. The molecule has 0 atom stereocenters. The van der Waals surface area contributed by atoms with Crippen LogP contribution in [0.4, 0.5) is 9.93 Å². The van der Waals surface area contributed by atoms with Gasteiger partial charge in [0.25, 0.3) is 0 Å². The van der Waals surface area contributed by atoms with Gasteiger partial charge in [0.15, 0.2) is 0 Å². The fourth-order valence-electron chi connectivity index (χ4n) is 0.607. The van der Waals surface area contributed by atoms with E-state index in [9.17, 15) is 4.79 Å². The molecular weight excluding hydrogens is 198 g/mol. The lowest BCUT2D eigenvalue weighted by atomic mass is 10.7. The second-order valence-corrected chi connectivity index (χ2v) is 3.34. The van der Waals surface area contributed by atoms with E-state index in [4.69, 9.17) is 5.11 Å². The number of hydrogen-bond donors (Lipinski definition) is 1. The molecule has 0 radical (unpaired) electrons. The number of nitrogens with zero attached hydrogens (tertiary/aromatic N) is 3. The van der Waals surface area contributed by atoms with Gasteiger partial charge in [-0.2, -0.15) is 8.68 Å². The molecule has 7 heteroatoms. The van der Waals surface area contributed by atoms with Crippen LogP contribution in [-0.2, 0) is 0 Å². The Balaban J connectivity index is 2.87. The van der Waals surface area contributed by atoms with Crippen molar-refractivity contribution in [1.82, 2.24) is 9.36 Å². The molecular formula is C5H7N3O2S2. The van der Waals surface area contributed by atoms with Crippen molar-refractivity contribution < 1.29 is 9.90 Å². The second-order valence-electron chi connectivity index (χ2n) is 1.88. The van der Waals surface area contributed by atoms with E-state index in [1.165, 1.54) is 0 Å². The number of carboxylic acid groups (broad SMARTS) is 1. The first kappa shape index (κ1) is 9.27. The molecule has 0 aliphatic carbocycles. The van der Waals surface area contributed by atoms with E-state index in [-0.39, 0.29) is 0 Å². The first-order valence-corrected chi connectivity index (χ1v) is 4.98. The summed E-state index contributed by atoms with van der Waals surface area (Å²) >= 11 is 2.16. The molecule has 12 heavy (non-hydrogen) atoms. The molecule has 1 aromatic heterocycles. The van der Waals surface area contributed by atoms with Crippen molar-refractivity contribution in [2.45, 2.75) is 6.92 Å². The Morgan fingerprint density at radius 1 is 1.75 bits per heavy atom. The summed E-state index contributed by atoms with van der Waals surface area (Å²) in [5.41, 5.74) is 0. The lowest BCUT2D eigenvalue weighted by Gasteiger charge is -2.09. The molecule has 1 rings (SSSR count). The Morgan fingerprint density at radius 3 is 2.75 bits per heavy atom. The zero-order valence-electron chi connectivity index (χ0n) is 6.51. The van der Waals surface area contributed by atoms with Crippen LogP contribution in [0, 0.1) is 6.92 Å². The molecule has 5 nitrogen and oxygen atoms in total. The highest BCUT2D eigenvalue weighted by atomic mass is 32.2. The fourth-order valence-corrected chi connectivity index (χ4v) is 1.86. The van der Waals surface area contributed by atoms with E-state index in [0.717, 1.165) is 27.8 Å². The molecule has 1 amide bonds. The topological polar surface area (TPSA) is 66.3 Å². The van der Waals surface area contributed by atoms with E-state index in [2.05, 4.69) is 9.36 Å². The summed E-state index contributed by atoms with van der Waals surface area (Å²) in [7, 11) is 0. The van der Waals surface area contributed by atoms with Crippen LogP contribution >= 0.6 is 23.5 Å². The minimum Gasteiger partial charge on any atom is -0.464 e. The van der Waals surface area contributed by atoms with Gasteiger partial charge in [0, 0.05) is 17.8 Å². The van der Waals surface area contributed by atoms with Crippen LogP contribution in [0.5, 0.6) is 0 Å². The van der Waals surface area contributed by atoms with E-state index in [1.54, 1.807) is 13.2 Å². The molecule has 0 spiro atoms. The first-order chi connectivity index (χ1) is 5.65. The minimum absolute atomic E-state index is 0.396. The van der Waals surface area contributed by atoms with Crippen LogP contribution < -0.4 is 4.31 Å². The standard InChI is InChI=1S/C5H7N3O2S2/c1-3-6-4(12-7-3)8(11-2)5(9)10/h1-2H3,(H,9,10). The summed E-state index contributed by atoms with van der Waals surface area (Å²) in [6.45, 7) is 1.72. The van der Waals surface area contributed by atoms with E-state index in [0.29, 0.717) is 11.0 Å². The van der Waals surface area contributed by atoms with Gasteiger partial charge < -0.3 is 5.11 Å². The zero-order valence-corrected chi connectivity index (χ0v) is 8.15. The third-order valence-corrected chi connectivity index (χ3v) is 2.65. The van der Waals surface area contributed by atoms with Crippen molar-refractivity contribution >= 4 is 34.7 Å². The van der Waals surface area contributed by atoms with Gasteiger partial charge in [-0.15, -0.1) is 0 Å². The van der Waals surface area contributed by atoms with Crippen molar-refractivity contribution in [3.63, 3.8) is 0 Å². The molecule has 1 aromatic rings. The highest BCUT2D eigenvalue weighted by Crippen LogP contribution is 2.22. The van der Waals surface area contributed by atoms with Crippen molar-refractivity contribution in [2.24, 2.45) is 0 Å². The Hall–Kier alpha value is -0.820. The molecule has 0 bridgehead atoms. The lowest BCUT2D eigenvalue weighted by Crippen LogP contribution is -2.20. The summed E-state index contributed by atoms with van der Waals surface area (Å²) in [5.74, 6) is 0.593. The highest BCUT2D eigenvalue weighted by Gasteiger charge is 2.16. The van der Waals surface area contributed by atoms with Crippen LogP contribution in [0.2, 0.25) is 0 Å². The number of aromatic nitrogens is 2. The maximum atomic E-state index is 10.6. The van der Waals surface area contributed by atoms with Crippen molar-refractivity contribution in [3.8, 4) is 0 Å². The maximum absolute atomic E-state index is 10.6. The molecule has 1 N–H and O–H groups in total. The summed E-state index contributed by atoms with van der Waals surface area (Å²) in [6, 6.07) is 0. The SMILES string of the molecule is CSN(C(=O)O)c1nc(C)ns1. The maximum Gasteiger partial charge on any atom is 0.424 e. The summed E-state index contributed by atoms with van der Waals surface area (Å²) < 4.78 is 4.95. The molecule has 0 saturated carbocycles. The molecule has 0 aromatic carbocycles. The third kappa shape index (κ3) is 1.86. The van der Waals surface area contributed by atoms with Crippen LogP contribution in [0.15, 0.2) is 0 Å². The smallest absolute Gasteiger partial charge is 0.424 e. The van der Waals surface area contributed by atoms with E-state index >= 15 is 0 Å². The highest BCUT2D eigenvalue weighted by molar-refractivity contribution is 8.00. The van der Waals surface area contributed by atoms with Crippen LogP contribution in [0.1, 0.15) is 5.82 Å². The van der Waals surface area contributed by atoms with Crippen LogP contribution in [-0.4, -0.2) is 26.8 Å². The van der Waals surface area contributed by atoms with E-state index < -0.39 is 6.09 Å². The lowest BCUT2D eigenvalue weighted by molar-refractivity contribution is 0.206. The molecule has 0 aliphatic heterocycles. The Labute approximate surface area is 77.7 Å².